The first kappa shape index (κ1) is 16.6. The lowest BCUT2D eigenvalue weighted by Gasteiger charge is -2.14. The van der Waals surface area contributed by atoms with Crippen molar-refractivity contribution < 1.29 is 17.9 Å². The van der Waals surface area contributed by atoms with Gasteiger partial charge in [-0.05, 0) is 32.4 Å². The van der Waals surface area contributed by atoms with E-state index in [2.05, 4.69) is 5.32 Å². The molecular weight excluding hydrogens is 278 g/mol. The van der Waals surface area contributed by atoms with E-state index in [0.29, 0.717) is 26.2 Å². The van der Waals surface area contributed by atoms with Crippen LogP contribution in [0, 0.1) is 0 Å². The van der Waals surface area contributed by atoms with Crippen LogP contribution in [0.15, 0.2) is 18.2 Å². The van der Waals surface area contributed by atoms with E-state index in [9.17, 15) is 8.42 Å². The summed E-state index contributed by atoms with van der Waals surface area (Å²) in [6.45, 7) is 5.59. The summed E-state index contributed by atoms with van der Waals surface area (Å²) in [5.74, 6) is 1.69. The molecule has 1 N–H and O–H groups in total. The Labute approximate surface area is 121 Å². The van der Waals surface area contributed by atoms with Crippen LogP contribution in [0.1, 0.15) is 20.3 Å². The van der Waals surface area contributed by atoms with Gasteiger partial charge in [0.1, 0.15) is 21.3 Å². The summed E-state index contributed by atoms with van der Waals surface area (Å²) in [5.41, 5.74) is 0.825. The molecule has 0 spiro atoms. The molecule has 0 atom stereocenters. The number of nitrogens with one attached hydrogen (secondary N) is 1. The van der Waals surface area contributed by atoms with Crippen LogP contribution in [0.4, 0.5) is 5.69 Å². The number of sulfone groups is 1. The third-order valence-corrected chi connectivity index (χ3v) is 3.60. The third-order valence-electron chi connectivity index (χ3n) is 2.57. The summed E-state index contributed by atoms with van der Waals surface area (Å²) < 4.78 is 33.1. The van der Waals surface area contributed by atoms with E-state index in [1.54, 1.807) is 0 Å². The minimum Gasteiger partial charge on any atom is -0.494 e. The molecule has 0 aliphatic carbocycles. The minimum atomic E-state index is -2.91. The van der Waals surface area contributed by atoms with Crippen molar-refractivity contribution in [2.24, 2.45) is 0 Å². The molecule has 0 aliphatic rings. The molecule has 1 aromatic rings. The summed E-state index contributed by atoms with van der Waals surface area (Å²) >= 11 is 0. The quantitative estimate of drug-likeness (QED) is 0.709. The van der Waals surface area contributed by atoms with Crippen LogP contribution < -0.4 is 14.8 Å². The molecule has 0 amide bonds. The monoisotopic (exact) mass is 301 g/mol. The maximum Gasteiger partial charge on any atom is 0.147 e. The van der Waals surface area contributed by atoms with Gasteiger partial charge >= 0.3 is 0 Å². The van der Waals surface area contributed by atoms with Gasteiger partial charge in [-0.15, -0.1) is 0 Å². The van der Waals surface area contributed by atoms with E-state index in [-0.39, 0.29) is 5.75 Å². The predicted octanol–water partition coefficient (Wildman–Crippen LogP) is 2.33. The van der Waals surface area contributed by atoms with Crippen molar-refractivity contribution in [3.8, 4) is 11.5 Å². The lowest BCUT2D eigenvalue weighted by molar-refractivity contribution is 0.332. The second kappa shape index (κ2) is 7.99. The maximum absolute atomic E-state index is 11.1. The fraction of sp³-hybridized carbons (Fsp3) is 0.571. The zero-order valence-corrected chi connectivity index (χ0v) is 13.1. The first-order valence-corrected chi connectivity index (χ1v) is 8.83. The van der Waals surface area contributed by atoms with Crippen LogP contribution >= 0.6 is 0 Å². The van der Waals surface area contributed by atoms with Crippen molar-refractivity contribution in [2.45, 2.75) is 20.3 Å². The second-order valence-corrected chi connectivity index (χ2v) is 6.69. The number of hydrogen-bond acceptors (Lipinski definition) is 5. The van der Waals surface area contributed by atoms with Crippen LogP contribution in [0.3, 0.4) is 0 Å². The Hall–Kier alpha value is -1.43. The average Bonchev–Trinajstić information content (AvgIpc) is 2.37. The van der Waals surface area contributed by atoms with Crippen molar-refractivity contribution in [3.63, 3.8) is 0 Å². The molecule has 114 valence electrons. The van der Waals surface area contributed by atoms with Crippen molar-refractivity contribution in [1.29, 1.82) is 0 Å². The largest absolute Gasteiger partial charge is 0.494 e. The molecule has 1 aromatic carbocycles. The Kier molecular flexibility index (Phi) is 6.64. The highest BCUT2D eigenvalue weighted by Crippen LogP contribution is 2.29. The fourth-order valence-corrected chi connectivity index (χ4v) is 2.41. The molecule has 0 aromatic heterocycles. The fourth-order valence-electron chi connectivity index (χ4n) is 1.74. The summed E-state index contributed by atoms with van der Waals surface area (Å²) in [6.07, 6.45) is 1.80. The molecule has 0 unspecified atom stereocenters. The van der Waals surface area contributed by atoms with Gasteiger partial charge in [-0.1, -0.05) is 0 Å². The number of benzene rings is 1. The Morgan fingerprint density at radius 1 is 1.15 bits per heavy atom. The van der Waals surface area contributed by atoms with E-state index in [1.165, 1.54) is 6.26 Å². The van der Waals surface area contributed by atoms with Gasteiger partial charge in [-0.3, -0.25) is 0 Å². The predicted molar refractivity (Wildman–Crippen MR) is 81.6 cm³/mol. The number of ether oxygens (including phenoxy) is 2. The molecule has 1 rings (SSSR count). The van der Waals surface area contributed by atoms with Crippen LogP contribution in [0.2, 0.25) is 0 Å². The summed E-state index contributed by atoms with van der Waals surface area (Å²) in [5, 5.41) is 3.20. The molecule has 0 saturated heterocycles. The third kappa shape index (κ3) is 6.14. The molecule has 0 fully saturated rings. The standard InChI is InChI=1S/C14H23NO4S/c1-4-18-12-7-8-14(19-5-2)13(11-12)15-9-6-10-20(3,16)17/h7-8,11,15H,4-6,9-10H2,1-3H3. The molecule has 5 nitrogen and oxygen atoms in total. The number of rotatable bonds is 9. The lowest BCUT2D eigenvalue weighted by atomic mass is 10.2. The van der Waals surface area contributed by atoms with Crippen molar-refractivity contribution in [1.82, 2.24) is 0 Å². The van der Waals surface area contributed by atoms with Crippen LogP contribution in [0.5, 0.6) is 11.5 Å². The Morgan fingerprint density at radius 3 is 2.45 bits per heavy atom. The normalized spacial score (nSPS) is 11.2. The SMILES string of the molecule is CCOc1ccc(OCC)c(NCCCS(C)(=O)=O)c1. The highest BCUT2D eigenvalue weighted by Gasteiger charge is 2.06. The summed E-state index contributed by atoms with van der Waals surface area (Å²) in [6, 6.07) is 5.58. The summed E-state index contributed by atoms with van der Waals surface area (Å²) in [7, 11) is -2.91. The van der Waals surface area contributed by atoms with Crippen molar-refractivity contribution >= 4 is 15.5 Å². The van der Waals surface area contributed by atoms with Crippen LogP contribution in [-0.4, -0.2) is 40.2 Å². The molecule has 20 heavy (non-hydrogen) atoms. The van der Waals surface area contributed by atoms with Gasteiger partial charge < -0.3 is 14.8 Å². The van der Waals surface area contributed by atoms with E-state index in [1.807, 2.05) is 32.0 Å². The summed E-state index contributed by atoms with van der Waals surface area (Å²) in [4.78, 5) is 0. The lowest BCUT2D eigenvalue weighted by Crippen LogP contribution is -2.10. The molecule has 6 heteroatoms. The number of hydrogen-bond donors (Lipinski definition) is 1. The molecule has 0 saturated carbocycles. The first-order chi connectivity index (χ1) is 9.46. The highest BCUT2D eigenvalue weighted by atomic mass is 32.2. The van der Waals surface area contributed by atoms with Crippen molar-refractivity contribution in [3.05, 3.63) is 18.2 Å². The van der Waals surface area contributed by atoms with E-state index < -0.39 is 9.84 Å². The van der Waals surface area contributed by atoms with Gasteiger partial charge in [-0.25, -0.2) is 8.42 Å². The molecular formula is C14H23NO4S. The van der Waals surface area contributed by atoms with Gasteiger partial charge in [0.25, 0.3) is 0 Å². The molecule has 0 radical (unpaired) electrons. The van der Waals surface area contributed by atoms with Gasteiger partial charge in [0.05, 0.1) is 24.7 Å². The number of anilines is 1. The van der Waals surface area contributed by atoms with Gasteiger partial charge in [0.15, 0.2) is 0 Å². The minimum absolute atomic E-state index is 0.176. The Balaban J connectivity index is 2.66. The average molecular weight is 301 g/mol. The topological polar surface area (TPSA) is 64.6 Å². The first-order valence-electron chi connectivity index (χ1n) is 6.77. The van der Waals surface area contributed by atoms with Crippen molar-refractivity contribution in [2.75, 3.05) is 37.1 Å². The second-order valence-electron chi connectivity index (χ2n) is 4.43. The maximum atomic E-state index is 11.1. The van der Waals surface area contributed by atoms with Crippen LogP contribution in [-0.2, 0) is 9.84 Å². The van der Waals surface area contributed by atoms with E-state index in [4.69, 9.17) is 9.47 Å². The van der Waals surface area contributed by atoms with Gasteiger partial charge in [0, 0.05) is 18.9 Å². The smallest absolute Gasteiger partial charge is 0.147 e. The van der Waals surface area contributed by atoms with E-state index in [0.717, 1.165) is 17.2 Å². The zero-order valence-electron chi connectivity index (χ0n) is 12.3. The molecule has 0 heterocycles. The van der Waals surface area contributed by atoms with Gasteiger partial charge in [-0.2, -0.15) is 0 Å². The molecule has 0 bridgehead atoms. The van der Waals surface area contributed by atoms with Gasteiger partial charge in [0.2, 0.25) is 0 Å². The van der Waals surface area contributed by atoms with E-state index >= 15 is 0 Å². The molecule has 0 aliphatic heterocycles. The Morgan fingerprint density at radius 2 is 1.85 bits per heavy atom. The Bertz CT molecular complexity index is 514. The highest BCUT2D eigenvalue weighted by molar-refractivity contribution is 7.90. The zero-order chi connectivity index (χ0) is 15.0. The van der Waals surface area contributed by atoms with Crippen LogP contribution in [0.25, 0.3) is 0 Å².